The minimum absolute atomic E-state index is 0.295. The molecule has 88 valence electrons. The van der Waals surface area contributed by atoms with Crippen LogP contribution in [0.1, 0.15) is 24.3 Å². The van der Waals surface area contributed by atoms with Crippen LogP contribution in [0.15, 0.2) is 18.3 Å². The molecule has 3 unspecified atom stereocenters. The number of aliphatic hydroxyl groups is 1. The van der Waals surface area contributed by atoms with Crippen molar-refractivity contribution in [2.24, 2.45) is 0 Å². The molecule has 0 aromatic carbocycles. The topological polar surface area (TPSA) is 33.1 Å². The summed E-state index contributed by atoms with van der Waals surface area (Å²) in [6, 6.07) is 3.95. The molecule has 3 atom stereocenters. The third-order valence-electron chi connectivity index (χ3n) is 2.82. The Labute approximate surface area is 105 Å². The van der Waals surface area contributed by atoms with Crippen molar-refractivity contribution in [1.29, 1.82) is 0 Å². The first kappa shape index (κ1) is 12.3. The molecule has 0 saturated carbocycles. The van der Waals surface area contributed by atoms with Gasteiger partial charge in [0.1, 0.15) is 0 Å². The summed E-state index contributed by atoms with van der Waals surface area (Å²) >= 11 is 3.83. The van der Waals surface area contributed by atoms with E-state index in [9.17, 15) is 5.11 Å². The number of rotatable bonds is 2. The Morgan fingerprint density at radius 2 is 2.12 bits per heavy atom. The molecule has 0 spiro atoms. The van der Waals surface area contributed by atoms with Crippen molar-refractivity contribution in [3.63, 3.8) is 0 Å². The Kier molecular flexibility index (Phi) is 4.16. The SMILES string of the molecule is Cc1ccc(C(O)C2SCCSC2C)cn1. The molecule has 2 nitrogen and oxygen atoms in total. The van der Waals surface area contributed by atoms with Crippen LogP contribution in [0, 0.1) is 6.92 Å². The lowest BCUT2D eigenvalue weighted by Gasteiger charge is -2.31. The highest BCUT2D eigenvalue weighted by Gasteiger charge is 2.30. The Morgan fingerprint density at radius 1 is 1.38 bits per heavy atom. The molecule has 0 radical (unpaired) electrons. The van der Waals surface area contributed by atoms with Crippen molar-refractivity contribution in [2.75, 3.05) is 11.5 Å². The van der Waals surface area contributed by atoms with Gasteiger partial charge in [0.25, 0.3) is 0 Å². The third kappa shape index (κ3) is 2.73. The zero-order chi connectivity index (χ0) is 11.5. The number of hydrogen-bond donors (Lipinski definition) is 1. The number of hydrogen-bond acceptors (Lipinski definition) is 4. The molecule has 2 rings (SSSR count). The molecular weight excluding hydrogens is 238 g/mol. The summed E-state index contributed by atoms with van der Waals surface area (Å²) in [6.45, 7) is 4.16. The van der Waals surface area contributed by atoms with Crippen LogP contribution >= 0.6 is 23.5 Å². The molecule has 1 aliphatic heterocycles. The second-order valence-corrected chi connectivity index (χ2v) is 6.86. The zero-order valence-corrected chi connectivity index (χ0v) is 11.2. The van der Waals surface area contributed by atoms with Gasteiger partial charge in [-0.15, -0.1) is 0 Å². The molecule has 1 aromatic heterocycles. The average Bonchev–Trinajstić information content (AvgIpc) is 2.30. The number of aromatic nitrogens is 1. The summed E-state index contributed by atoms with van der Waals surface area (Å²) in [5.41, 5.74) is 1.94. The molecular formula is C12H17NOS2. The summed E-state index contributed by atoms with van der Waals surface area (Å²) in [4.78, 5) is 4.24. The number of pyridine rings is 1. The van der Waals surface area contributed by atoms with Gasteiger partial charge >= 0.3 is 0 Å². The average molecular weight is 255 g/mol. The summed E-state index contributed by atoms with van der Waals surface area (Å²) in [7, 11) is 0. The minimum Gasteiger partial charge on any atom is -0.387 e. The van der Waals surface area contributed by atoms with Gasteiger partial charge in [0, 0.05) is 33.9 Å². The normalized spacial score (nSPS) is 27.7. The van der Waals surface area contributed by atoms with Crippen LogP contribution in [-0.2, 0) is 0 Å². The fourth-order valence-electron chi connectivity index (χ4n) is 1.84. The predicted molar refractivity (Wildman–Crippen MR) is 72.1 cm³/mol. The monoisotopic (exact) mass is 255 g/mol. The largest absolute Gasteiger partial charge is 0.387 e. The van der Waals surface area contributed by atoms with Crippen LogP contribution in [0.5, 0.6) is 0 Å². The quantitative estimate of drug-likeness (QED) is 0.881. The van der Waals surface area contributed by atoms with E-state index in [2.05, 4.69) is 11.9 Å². The smallest absolute Gasteiger partial charge is 0.0934 e. The first-order valence-corrected chi connectivity index (χ1v) is 7.62. The van der Waals surface area contributed by atoms with Gasteiger partial charge in [-0.2, -0.15) is 23.5 Å². The van der Waals surface area contributed by atoms with E-state index in [1.54, 1.807) is 6.20 Å². The minimum atomic E-state index is -0.388. The summed E-state index contributed by atoms with van der Waals surface area (Å²) in [5.74, 6) is 2.33. The first-order chi connectivity index (χ1) is 7.68. The summed E-state index contributed by atoms with van der Waals surface area (Å²) in [5, 5.41) is 11.1. The molecule has 2 heterocycles. The summed E-state index contributed by atoms with van der Waals surface area (Å²) in [6.07, 6.45) is 1.41. The van der Waals surface area contributed by atoms with E-state index in [0.29, 0.717) is 10.5 Å². The van der Waals surface area contributed by atoms with E-state index in [1.807, 2.05) is 42.6 Å². The maximum atomic E-state index is 10.3. The van der Waals surface area contributed by atoms with Crippen LogP contribution in [0.4, 0.5) is 0 Å². The van der Waals surface area contributed by atoms with Crippen molar-refractivity contribution in [2.45, 2.75) is 30.5 Å². The molecule has 1 aliphatic rings. The molecule has 0 bridgehead atoms. The molecule has 1 N–H and O–H groups in total. The molecule has 0 amide bonds. The van der Waals surface area contributed by atoms with E-state index >= 15 is 0 Å². The van der Waals surface area contributed by atoms with Crippen LogP contribution in [-0.4, -0.2) is 32.1 Å². The number of aryl methyl sites for hydroxylation is 1. The maximum absolute atomic E-state index is 10.3. The lowest BCUT2D eigenvalue weighted by atomic mass is 10.1. The van der Waals surface area contributed by atoms with Gasteiger partial charge in [0.15, 0.2) is 0 Å². The molecule has 16 heavy (non-hydrogen) atoms. The van der Waals surface area contributed by atoms with E-state index < -0.39 is 0 Å². The fraction of sp³-hybridized carbons (Fsp3) is 0.583. The Hall–Kier alpha value is -0.190. The fourth-order valence-corrected chi connectivity index (χ4v) is 4.67. The van der Waals surface area contributed by atoms with Crippen molar-refractivity contribution in [1.82, 2.24) is 4.98 Å². The van der Waals surface area contributed by atoms with Gasteiger partial charge in [0.2, 0.25) is 0 Å². The third-order valence-corrected chi connectivity index (χ3v) is 6.00. The number of thioether (sulfide) groups is 2. The highest BCUT2D eigenvalue weighted by molar-refractivity contribution is 8.07. The highest BCUT2D eigenvalue weighted by atomic mass is 32.2. The standard InChI is InChI=1S/C12H17NOS2/c1-8-3-4-10(7-13-8)11(14)12-9(2)15-5-6-16-12/h3-4,7,9,11-12,14H,5-6H2,1-2H3. The van der Waals surface area contributed by atoms with Gasteiger partial charge in [-0.05, 0) is 18.6 Å². The Bertz CT molecular complexity index is 341. The lowest BCUT2D eigenvalue weighted by molar-refractivity contribution is 0.174. The lowest BCUT2D eigenvalue weighted by Crippen LogP contribution is -2.29. The van der Waals surface area contributed by atoms with Gasteiger partial charge in [-0.1, -0.05) is 13.0 Å². The Morgan fingerprint density at radius 3 is 2.75 bits per heavy atom. The van der Waals surface area contributed by atoms with Gasteiger partial charge < -0.3 is 5.11 Å². The Balaban J connectivity index is 2.11. The van der Waals surface area contributed by atoms with E-state index in [0.717, 1.165) is 17.0 Å². The second-order valence-electron chi connectivity index (χ2n) is 4.09. The number of aliphatic hydroxyl groups excluding tert-OH is 1. The number of nitrogens with zero attached hydrogens (tertiary/aromatic N) is 1. The van der Waals surface area contributed by atoms with Crippen LogP contribution in [0.25, 0.3) is 0 Å². The molecule has 1 fully saturated rings. The van der Waals surface area contributed by atoms with Crippen LogP contribution in [0.2, 0.25) is 0 Å². The molecule has 1 aromatic rings. The van der Waals surface area contributed by atoms with Crippen molar-refractivity contribution >= 4 is 23.5 Å². The van der Waals surface area contributed by atoms with Crippen LogP contribution < -0.4 is 0 Å². The maximum Gasteiger partial charge on any atom is 0.0934 e. The van der Waals surface area contributed by atoms with Gasteiger partial charge in [0.05, 0.1) is 6.10 Å². The van der Waals surface area contributed by atoms with Crippen LogP contribution in [0.3, 0.4) is 0 Å². The van der Waals surface area contributed by atoms with Crippen molar-refractivity contribution < 1.29 is 5.11 Å². The van der Waals surface area contributed by atoms with E-state index in [-0.39, 0.29) is 6.10 Å². The van der Waals surface area contributed by atoms with E-state index in [4.69, 9.17) is 0 Å². The molecule has 1 saturated heterocycles. The second kappa shape index (κ2) is 5.43. The van der Waals surface area contributed by atoms with Crippen molar-refractivity contribution in [3.8, 4) is 0 Å². The van der Waals surface area contributed by atoms with Gasteiger partial charge in [-0.3, -0.25) is 4.98 Å². The first-order valence-electron chi connectivity index (χ1n) is 5.52. The van der Waals surface area contributed by atoms with Gasteiger partial charge in [-0.25, -0.2) is 0 Å². The highest BCUT2D eigenvalue weighted by Crippen LogP contribution is 2.38. The summed E-state index contributed by atoms with van der Waals surface area (Å²) < 4.78 is 0. The molecule has 0 aliphatic carbocycles. The zero-order valence-electron chi connectivity index (χ0n) is 9.59. The van der Waals surface area contributed by atoms with Crippen molar-refractivity contribution in [3.05, 3.63) is 29.6 Å². The van der Waals surface area contributed by atoms with E-state index in [1.165, 1.54) is 5.75 Å². The predicted octanol–water partition coefficient (Wildman–Crippen LogP) is 2.66. The molecule has 4 heteroatoms.